The smallest absolute Gasteiger partial charge is 0.270 e. The molecule has 3 N–H and O–H groups in total. The van der Waals surface area contributed by atoms with E-state index in [1.807, 2.05) is 0 Å². The van der Waals surface area contributed by atoms with Crippen LogP contribution in [-0.2, 0) is 9.53 Å². The third-order valence-electron chi connectivity index (χ3n) is 2.56. The molecule has 0 saturated heterocycles. The molecule has 1 rings (SSSR count). The van der Waals surface area contributed by atoms with Crippen LogP contribution >= 0.6 is 0 Å². The van der Waals surface area contributed by atoms with Crippen LogP contribution in [0.15, 0.2) is 18.2 Å². The van der Waals surface area contributed by atoms with E-state index in [0.717, 1.165) is 6.07 Å². The Hall–Kier alpha value is -2.50. The van der Waals surface area contributed by atoms with Crippen LogP contribution in [0.3, 0.4) is 0 Å². The highest BCUT2D eigenvalue weighted by atomic mass is 16.6. The second kappa shape index (κ2) is 7.18. The molecule has 0 radical (unpaired) electrons. The van der Waals surface area contributed by atoms with Gasteiger partial charge in [0.25, 0.3) is 5.69 Å². The number of anilines is 1. The van der Waals surface area contributed by atoms with Crippen molar-refractivity contribution in [2.75, 3.05) is 19.0 Å². The summed E-state index contributed by atoms with van der Waals surface area (Å²) in [5.74, 6) is -0.479. The van der Waals surface area contributed by atoms with Crippen molar-refractivity contribution in [1.29, 1.82) is 5.26 Å². The third kappa shape index (κ3) is 4.01. The lowest BCUT2D eigenvalue weighted by Gasteiger charge is -2.12. The van der Waals surface area contributed by atoms with Crippen molar-refractivity contribution in [1.82, 2.24) is 0 Å². The van der Waals surface area contributed by atoms with Gasteiger partial charge >= 0.3 is 0 Å². The number of carbonyl (C=O) groups is 1. The molecule has 8 heteroatoms. The lowest BCUT2D eigenvalue weighted by molar-refractivity contribution is -0.384. The molecule has 1 aromatic carbocycles. The number of amides is 1. The Bertz CT molecular complexity index is 553. The minimum Gasteiger partial charge on any atom is -0.385 e. The zero-order valence-electron chi connectivity index (χ0n) is 10.8. The van der Waals surface area contributed by atoms with Crippen LogP contribution < -0.4 is 11.1 Å². The maximum absolute atomic E-state index is 11.8. The maximum atomic E-state index is 11.8. The molecule has 0 aromatic heterocycles. The van der Waals surface area contributed by atoms with Gasteiger partial charge in [-0.25, -0.2) is 0 Å². The predicted octanol–water partition coefficient (Wildman–Crippen LogP) is 0.769. The molecule has 0 aliphatic heterocycles. The number of hydrogen-bond acceptors (Lipinski definition) is 6. The van der Waals surface area contributed by atoms with E-state index in [9.17, 15) is 14.9 Å². The summed E-state index contributed by atoms with van der Waals surface area (Å²) in [4.78, 5) is 21.8. The molecule has 0 heterocycles. The number of nitrogens with two attached hydrogens (primary N) is 1. The molecule has 106 valence electrons. The molecular weight excluding hydrogens is 264 g/mol. The predicted molar refractivity (Wildman–Crippen MR) is 70.9 cm³/mol. The normalized spacial score (nSPS) is 11.4. The van der Waals surface area contributed by atoms with Gasteiger partial charge < -0.3 is 15.8 Å². The molecule has 0 fully saturated rings. The van der Waals surface area contributed by atoms with E-state index in [2.05, 4.69) is 5.32 Å². The summed E-state index contributed by atoms with van der Waals surface area (Å²) in [6.07, 6.45) is 0.331. The first kappa shape index (κ1) is 15.6. The fourth-order valence-electron chi connectivity index (χ4n) is 1.45. The van der Waals surface area contributed by atoms with Crippen LogP contribution in [0.5, 0.6) is 0 Å². The molecule has 0 saturated carbocycles. The number of nitrogens with one attached hydrogen (secondary N) is 1. The maximum Gasteiger partial charge on any atom is 0.270 e. The van der Waals surface area contributed by atoms with Crippen molar-refractivity contribution in [3.05, 3.63) is 33.9 Å². The Morgan fingerprint density at radius 1 is 1.65 bits per heavy atom. The van der Waals surface area contributed by atoms with Crippen molar-refractivity contribution in [3.8, 4) is 6.07 Å². The molecule has 1 aromatic rings. The molecule has 1 amide bonds. The number of nitriles is 1. The van der Waals surface area contributed by atoms with Gasteiger partial charge in [0, 0.05) is 25.8 Å². The zero-order valence-corrected chi connectivity index (χ0v) is 10.8. The van der Waals surface area contributed by atoms with Crippen LogP contribution in [0.4, 0.5) is 11.4 Å². The monoisotopic (exact) mass is 278 g/mol. The summed E-state index contributed by atoms with van der Waals surface area (Å²) < 4.78 is 4.81. The molecule has 0 bridgehead atoms. The minimum atomic E-state index is -0.781. The quantitative estimate of drug-likeness (QED) is 0.583. The number of carbonyl (C=O) groups excluding carboxylic acids is 1. The van der Waals surface area contributed by atoms with E-state index >= 15 is 0 Å². The summed E-state index contributed by atoms with van der Waals surface area (Å²) in [5, 5.41) is 22.0. The molecule has 0 aliphatic carbocycles. The number of methoxy groups -OCH3 is 1. The lowest BCUT2D eigenvalue weighted by atomic mass is 10.1. The molecule has 1 unspecified atom stereocenters. The molecule has 8 nitrogen and oxygen atoms in total. The number of ether oxygens (including phenoxy) is 1. The van der Waals surface area contributed by atoms with Gasteiger partial charge in [0.2, 0.25) is 5.91 Å². The Morgan fingerprint density at radius 2 is 2.35 bits per heavy atom. The first-order chi connectivity index (χ1) is 9.49. The van der Waals surface area contributed by atoms with Gasteiger partial charge in [-0.05, 0) is 12.5 Å². The SMILES string of the molecule is COCCC(N)C(=O)Nc1ccc([N+](=O)[O-])cc1C#N. The number of nitrogens with zero attached hydrogens (tertiary/aromatic N) is 2. The highest BCUT2D eigenvalue weighted by Crippen LogP contribution is 2.21. The summed E-state index contributed by atoms with van der Waals surface area (Å²) in [5.41, 5.74) is 5.62. The number of nitro benzene ring substituents is 1. The average Bonchev–Trinajstić information content (AvgIpc) is 2.44. The van der Waals surface area contributed by atoms with Gasteiger partial charge in [-0.15, -0.1) is 0 Å². The zero-order chi connectivity index (χ0) is 15.1. The fourth-order valence-corrected chi connectivity index (χ4v) is 1.45. The Morgan fingerprint density at radius 3 is 2.90 bits per heavy atom. The molecule has 20 heavy (non-hydrogen) atoms. The highest BCUT2D eigenvalue weighted by molar-refractivity contribution is 5.95. The first-order valence-corrected chi connectivity index (χ1v) is 5.73. The summed E-state index contributed by atoms with van der Waals surface area (Å²) in [6, 6.07) is 4.62. The van der Waals surface area contributed by atoms with Crippen molar-refractivity contribution < 1.29 is 14.5 Å². The van der Waals surface area contributed by atoms with Gasteiger partial charge in [-0.3, -0.25) is 14.9 Å². The van der Waals surface area contributed by atoms with Crippen molar-refractivity contribution in [3.63, 3.8) is 0 Å². The first-order valence-electron chi connectivity index (χ1n) is 5.73. The van der Waals surface area contributed by atoms with Gasteiger partial charge in [0.05, 0.1) is 22.2 Å². The second-order valence-corrected chi connectivity index (χ2v) is 3.98. The summed E-state index contributed by atoms with van der Waals surface area (Å²) >= 11 is 0. The van der Waals surface area contributed by atoms with E-state index in [1.54, 1.807) is 6.07 Å². The number of non-ortho nitro benzene ring substituents is 1. The van der Waals surface area contributed by atoms with Crippen LogP contribution in [0, 0.1) is 21.4 Å². The number of hydrogen-bond donors (Lipinski definition) is 2. The van der Waals surface area contributed by atoms with E-state index in [1.165, 1.54) is 19.2 Å². The van der Waals surface area contributed by atoms with E-state index in [0.29, 0.717) is 13.0 Å². The highest BCUT2D eigenvalue weighted by Gasteiger charge is 2.16. The molecular formula is C12H14N4O4. The fraction of sp³-hybridized carbons (Fsp3) is 0.333. The standard InChI is InChI=1S/C12H14N4O4/c1-20-5-4-10(14)12(17)15-11-3-2-9(16(18)19)6-8(11)7-13/h2-3,6,10H,4-5,14H2,1H3,(H,15,17). The Labute approximate surface area is 115 Å². The van der Waals surface area contributed by atoms with Crippen molar-refractivity contribution in [2.24, 2.45) is 5.73 Å². The van der Waals surface area contributed by atoms with Crippen LogP contribution in [-0.4, -0.2) is 30.6 Å². The van der Waals surface area contributed by atoms with E-state index < -0.39 is 16.9 Å². The van der Waals surface area contributed by atoms with Crippen molar-refractivity contribution >= 4 is 17.3 Å². The van der Waals surface area contributed by atoms with Gasteiger partial charge in [-0.1, -0.05) is 0 Å². The topological polar surface area (TPSA) is 131 Å². The Kier molecular flexibility index (Phi) is 5.58. The summed E-state index contributed by atoms with van der Waals surface area (Å²) in [7, 11) is 1.49. The average molecular weight is 278 g/mol. The number of rotatable bonds is 6. The second-order valence-electron chi connectivity index (χ2n) is 3.98. The van der Waals surface area contributed by atoms with Crippen LogP contribution in [0.1, 0.15) is 12.0 Å². The van der Waals surface area contributed by atoms with Crippen LogP contribution in [0.2, 0.25) is 0 Å². The molecule has 0 spiro atoms. The van der Waals surface area contributed by atoms with E-state index in [4.69, 9.17) is 15.7 Å². The van der Waals surface area contributed by atoms with Gasteiger partial charge in [-0.2, -0.15) is 5.26 Å². The van der Waals surface area contributed by atoms with E-state index in [-0.39, 0.29) is 16.9 Å². The minimum absolute atomic E-state index is 0.00601. The number of nitro groups is 1. The molecule has 1 atom stereocenters. The lowest BCUT2D eigenvalue weighted by Crippen LogP contribution is -2.36. The third-order valence-corrected chi connectivity index (χ3v) is 2.56. The largest absolute Gasteiger partial charge is 0.385 e. The van der Waals surface area contributed by atoms with Crippen LogP contribution in [0.25, 0.3) is 0 Å². The summed E-state index contributed by atoms with van der Waals surface area (Å²) in [6.45, 7) is 0.333. The Balaban J connectivity index is 2.85. The number of benzene rings is 1. The van der Waals surface area contributed by atoms with Gasteiger partial charge in [0.15, 0.2) is 0 Å². The molecule has 0 aliphatic rings. The van der Waals surface area contributed by atoms with Gasteiger partial charge in [0.1, 0.15) is 6.07 Å². The van der Waals surface area contributed by atoms with Crippen molar-refractivity contribution in [2.45, 2.75) is 12.5 Å².